The monoisotopic (exact) mass is 527 g/mol. The van der Waals surface area contributed by atoms with Gasteiger partial charge in [-0.15, -0.1) is 11.8 Å². The van der Waals surface area contributed by atoms with Crippen molar-refractivity contribution >= 4 is 52.1 Å². The number of aryl methyl sites for hydroxylation is 1. The molecular formula is C30H29N3O2S2. The van der Waals surface area contributed by atoms with E-state index in [9.17, 15) is 4.79 Å². The van der Waals surface area contributed by atoms with E-state index in [0.29, 0.717) is 10.9 Å². The van der Waals surface area contributed by atoms with Gasteiger partial charge in [-0.2, -0.15) is 0 Å². The highest BCUT2D eigenvalue weighted by molar-refractivity contribution is 8.00. The minimum Gasteiger partial charge on any atom is -0.495 e. The molecule has 0 bridgehead atoms. The van der Waals surface area contributed by atoms with Crippen LogP contribution in [0.5, 0.6) is 5.75 Å². The Bertz CT molecular complexity index is 1390. The van der Waals surface area contributed by atoms with Gasteiger partial charge in [-0.3, -0.25) is 4.79 Å². The van der Waals surface area contributed by atoms with Gasteiger partial charge in [0.1, 0.15) is 11.0 Å². The lowest BCUT2D eigenvalue weighted by Gasteiger charge is -2.19. The molecule has 5 nitrogen and oxygen atoms in total. The first-order valence-corrected chi connectivity index (χ1v) is 13.1. The van der Waals surface area contributed by atoms with Crippen molar-refractivity contribution in [1.29, 1.82) is 0 Å². The number of hydrogen-bond acceptors (Lipinski definition) is 4. The summed E-state index contributed by atoms with van der Waals surface area (Å²) in [5.74, 6) is 0.633. The minimum atomic E-state index is -0.435. The van der Waals surface area contributed by atoms with Gasteiger partial charge >= 0.3 is 0 Å². The molecule has 37 heavy (non-hydrogen) atoms. The smallest absolute Gasteiger partial charge is 0.242 e. The average Bonchev–Trinajstić information content (AvgIpc) is 2.91. The van der Waals surface area contributed by atoms with Gasteiger partial charge in [-0.25, -0.2) is 0 Å². The van der Waals surface area contributed by atoms with Crippen molar-refractivity contribution in [2.45, 2.75) is 24.0 Å². The van der Waals surface area contributed by atoms with E-state index in [1.165, 1.54) is 11.8 Å². The molecule has 188 valence electrons. The zero-order valence-corrected chi connectivity index (χ0v) is 22.6. The molecule has 0 heterocycles. The van der Waals surface area contributed by atoms with Crippen LogP contribution >= 0.6 is 24.0 Å². The standard InChI is InChI=1S/C30H29N3O2S2/c1-20-11-9-17-25(21(20)2)32-29(34)28(22-12-5-4-6-13-22)37-24-15-10-14-23(19-24)31-30(36)33-26-16-7-8-18-27(26)35-3/h4-19,28H,1-3H3,(H,32,34)(H2,31,33,36). The summed E-state index contributed by atoms with van der Waals surface area (Å²) in [6, 6.07) is 31.2. The van der Waals surface area contributed by atoms with Crippen LogP contribution in [-0.2, 0) is 4.79 Å². The molecule has 1 atom stereocenters. The highest BCUT2D eigenvalue weighted by Crippen LogP contribution is 2.37. The highest BCUT2D eigenvalue weighted by Gasteiger charge is 2.23. The SMILES string of the molecule is COc1ccccc1NC(=S)Nc1cccc(SC(C(=O)Nc2cccc(C)c2C)c2ccccc2)c1. The molecule has 7 heteroatoms. The van der Waals surface area contributed by atoms with Crippen LogP contribution in [0.3, 0.4) is 0 Å². The fourth-order valence-corrected chi connectivity index (χ4v) is 5.11. The minimum absolute atomic E-state index is 0.0726. The Morgan fingerprint density at radius 1 is 0.811 bits per heavy atom. The Labute approximate surface area is 227 Å². The normalized spacial score (nSPS) is 11.3. The van der Waals surface area contributed by atoms with E-state index < -0.39 is 5.25 Å². The van der Waals surface area contributed by atoms with E-state index in [2.05, 4.69) is 16.0 Å². The molecule has 0 saturated carbocycles. The van der Waals surface area contributed by atoms with Crippen LogP contribution in [0.2, 0.25) is 0 Å². The number of amides is 1. The number of nitrogens with one attached hydrogen (secondary N) is 3. The maximum absolute atomic E-state index is 13.5. The van der Waals surface area contributed by atoms with E-state index in [4.69, 9.17) is 17.0 Å². The third-order valence-electron chi connectivity index (χ3n) is 5.90. The average molecular weight is 528 g/mol. The summed E-state index contributed by atoms with van der Waals surface area (Å²) in [4.78, 5) is 14.5. The van der Waals surface area contributed by atoms with E-state index in [-0.39, 0.29) is 5.91 Å². The molecule has 0 spiro atoms. The maximum atomic E-state index is 13.5. The maximum Gasteiger partial charge on any atom is 0.242 e. The second-order valence-corrected chi connectivity index (χ2v) is 10.0. The number of methoxy groups -OCH3 is 1. The third kappa shape index (κ3) is 6.90. The van der Waals surface area contributed by atoms with Gasteiger partial charge in [-0.1, -0.05) is 60.7 Å². The largest absolute Gasteiger partial charge is 0.495 e. The number of carbonyl (C=O) groups is 1. The Kier molecular flexibility index (Phi) is 8.82. The molecule has 0 fully saturated rings. The number of benzene rings is 4. The number of thiocarbonyl (C=S) groups is 1. The van der Waals surface area contributed by atoms with Crippen molar-refractivity contribution in [3.63, 3.8) is 0 Å². The molecule has 0 aromatic heterocycles. The number of ether oxygens (including phenoxy) is 1. The molecule has 4 aromatic rings. The summed E-state index contributed by atoms with van der Waals surface area (Å²) in [6.07, 6.45) is 0. The molecule has 1 amide bonds. The lowest BCUT2D eigenvalue weighted by Crippen LogP contribution is -2.20. The number of para-hydroxylation sites is 2. The topological polar surface area (TPSA) is 62.4 Å². The second kappa shape index (κ2) is 12.4. The first-order chi connectivity index (χ1) is 17.9. The lowest BCUT2D eigenvalue weighted by atomic mass is 10.1. The van der Waals surface area contributed by atoms with Crippen molar-refractivity contribution in [3.8, 4) is 5.75 Å². The summed E-state index contributed by atoms with van der Waals surface area (Å²) < 4.78 is 5.39. The number of rotatable bonds is 8. The van der Waals surface area contributed by atoms with Gasteiger partial charge < -0.3 is 20.7 Å². The first kappa shape index (κ1) is 26.3. The van der Waals surface area contributed by atoms with Gasteiger partial charge in [-0.05, 0) is 79.2 Å². The van der Waals surface area contributed by atoms with Gasteiger partial charge in [0.25, 0.3) is 0 Å². The molecule has 4 aromatic carbocycles. The zero-order valence-electron chi connectivity index (χ0n) is 20.9. The van der Waals surface area contributed by atoms with E-state index >= 15 is 0 Å². The van der Waals surface area contributed by atoms with E-state index in [1.54, 1.807) is 7.11 Å². The summed E-state index contributed by atoms with van der Waals surface area (Å²) in [6.45, 7) is 4.06. The van der Waals surface area contributed by atoms with Crippen LogP contribution in [0.4, 0.5) is 17.1 Å². The van der Waals surface area contributed by atoms with Gasteiger partial charge in [0.05, 0.1) is 12.8 Å². The quantitative estimate of drug-likeness (QED) is 0.162. The van der Waals surface area contributed by atoms with Crippen LogP contribution in [0.25, 0.3) is 0 Å². The van der Waals surface area contributed by atoms with Crippen molar-refractivity contribution in [3.05, 3.63) is 114 Å². The predicted molar refractivity (Wildman–Crippen MR) is 159 cm³/mol. The van der Waals surface area contributed by atoms with Crippen molar-refractivity contribution in [1.82, 2.24) is 0 Å². The second-order valence-electron chi connectivity index (χ2n) is 8.45. The Hall–Kier alpha value is -3.81. The van der Waals surface area contributed by atoms with Crippen LogP contribution < -0.4 is 20.7 Å². The molecule has 1 unspecified atom stereocenters. The summed E-state index contributed by atoms with van der Waals surface area (Å²) in [5.41, 5.74) is 5.56. The molecule has 4 rings (SSSR count). The molecule has 0 aliphatic heterocycles. The number of anilines is 3. The molecule has 0 aliphatic rings. The van der Waals surface area contributed by atoms with Crippen LogP contribution in [0.15, 0.2) is 102 Å². The van der Waals surface area contributed by atoms with Crippen molar-refractivity contribution < 1.29 is 9.53 Å². The molecule has 3 N–H and O–H groups in total. The highest BCUT2D eigenvalue weighted by atomic mass is 32.2. The number of thioether (sulfide) groups is 1. The van der Waals surface area contributed by atoms with Gasteiger partial charge in [0.15, 0.2) is 5.11 Å². The summed E-state index contributed by atoms with van der Waals surface area (Å²) >= 11 is 7.02. The number of carbonyl (C=O) groups excluding carboxylic acids is 1. The van der Waals surface area contributed by atoms with Gasteiger partial charge in [0, 0.05) is 16.3 Å². The molecule has 0 radical (unpaired) electrons. The Balaban J connectivity index is 1.51. The summed E-state index contributed by atoms with van der Waals surface area (Å²) in [7, 11) is 1.62. The lowest BCUT2D eigenvalue weighted by molar-refractivity contribution is -0.115. The van der Waals surface area contributed by atoms with E-state index in [1.807, 2.05) is 111 Å². The fraction of sp³-hybridized carbons (Fsp3) is 0.133. The van der Waals surface area contributed by atoms with Crippen LogP contribution in [0, 0.1) is 13.8 Å². The van der Waals surface area contributed by atoms with Crippen LogP contribution in [0.1, 0.15) is 21.9 Å². The summed E-state index contributed by atoms with van der Waals surface area (Å²) in [5, 5.41) is 9.55. The predicted octanol–water partition coefficient (Wildman–Crippen LogP) is 7.59. The van der Waals surface area contributed by atoms with E-state index in [0.717, 1.165) is 38.6 Å². The first-order valence-electron chi connectivity index (χ1n) is 11.8. The fourth-order valence-electron chi connectivity index (χ4n) is 3.80. The Morgan fingerprint density at radius 3 is 2.30 bits per heavy atom. The van der Waals surface area contributed by atoms with Gasteiger partial charge in [0.2, 0.25) is 5.91 Å². The molecule has 0 aliphatic carbocycles. The van der Waals surface area contributed by atoms with Crippen molar-refractivity contribution in [2.24, 2.45) is 0 Å². The van der Waals surface area contributed by atoms with Crippen molar-refractivity contribution in [2.75, 3.05) is 23.1 Å². The van der Waals surface area contributed by atoms with Crippen LogP contribution in [-0.4, -0.2) is 18.1 Å². The third-order valence-corrected chi connectivity index (χ3v) is 7.36. The molecule has 0 saturated heterocycles. The number of hydrogen-bond donors (Lipinski definition) is 3. The molecular weight excluding hydrogens is 498 g/mol. The zero-order chi connectivity index (χ0) is 26.2. The Morgan fingerprint density at radius 2 is 1.51 bits per heavy atom.